The lowest BCUT2D eigenvalue weighted by atomic mass is 9.94. The Morgan fingerprint density at radius 2 is 1.95 bits per heavy atom. The number of carbonyl (C=O) groups excluding carboxylic acids is 2. The molecule has 0 bridgehead atoms. The zero-order valence-electron chi connectivity index (χ0n) is 21.2. The topological polar surface area (TPSA) is 144 Å². The first-order valence-electron chi connectivity index (χ1n) is 13.1. The minimum atomic E-state index is -0.212. The molecule has 4 heterocycles. The number of Topliss-reactive ketones (excluding diaryl/α,β-unsaturated/α-hetero) is 1. The number of hydrogen-bond acceptors (Lipinski definition) is 6. The van der Waals surface area contributed by atoms with Crippen molar-refractivity contribution >= 4 is 50.2 Å². The van der Waals surface area contributed by atoms with Crippen LogP contribution in [0.5, 0.6) is 5.75 Å². The first-order valence-corrected chi connectivity index (χ1v) is 13.1. The number of anilines is 1. The number of imidazole rings is 1. The predicted octanol–water partition coefficient (Wildman–Crippen LogP) is 4.15. The SMILES string of the molecule is N=c1ncn(C[C@@H]2CN(C(=O)c3cc4cc5c(cc4[nH]3)CCC5=O)c3cc(O)c4ccccc4c32)c2nc[nH]c12. The van der Waals surface area contributed by atoms with E-state index in [1.54, 1.807) is 29.7 Å². The van der Waals surface area contributed by atoms with Crippen LogP contribution < -0.4 is 10.4 Å². The highest BCUT2D eigenvalue weighted by molar-refractivity contribution is 6.12. The number of fused-ring (bicyclic) bond motifs is 6. The zero-order chi connectivity index (χ0) is 27.1. The van der Waals surface area contributed by atoms with Gasteiger partial charge in [0.15, 0.2) is 16.9 Å². The average molecular weight is 530 g/mol. The fraction of sp³-hybridized carbons (Fsp3) is 0.167. The number of ketones is 1. The summed E-state index contributed by atoms with van der Waals surface area (Å²) in [6.45, 7) is 0.856. The summed E-state index contributed by atoms with van der Waals surface area (Å²) in [5.41, 5.74) is 5.91. The highest BCUT2D eigenvalue weighted by atomic mass is 16.3. The number of hydrogen-bond donors (Lipinski definition) is 4. The second-order valence-corrected chi connectivity index (χ2v) is 10.5. The zero-order valence-corrected chi connectivity index (χ0v) is 21.2. The van der Waals surface area contributed by atoms with Gasteiger partial charge in [0, 0.05) is 53.3 Å². The van der Waals surface area contributed by atoms with Crippen molar-refractivity contribution in [3.05, 3.63) is 89.1 Å². The second-order valence-electron chi connectivity index (χ2n) is 10.5. The molecular weight excluding hydrogens is 506 g/mol. The predicted molar refractivity (Wildman–Crippen MR) is 149 cm³/mol. The highest BCUT2D eigenvalue weighted by Crippen LogP contribution is 2.46. The molecule has 6 aromatic rings. The molecule has 3 aromatic carbocycles. The van der Waals surface area contributed by atoms with Gasteiger partial charge in [0.25, 0.3) is 5.91 Å². The number of H-pyrrole nitrogens is 2. The summed E-state index contributed by atoms with van der Waals surface area (Å²) >= 11 is 0. The van der Waals surface area contributed by atoms with Crippen LogP contribution in [0.25, 0.3) is 32.8 Å². The summed E-state index contributed by atoms with van der Waals surface area (Å²) in [6, 6.07) is 15.0. The molecule has 0 unspecified atom stereocenters. The molecule has 3 aromatic heterocycles. The van der Waals surface area contributed by atoms with Gasteiger partial charge >= 0.3 is 0 Å². The van der Waals surface area contributed by atoms with Gasteiger partial charge in [-0.2, -0.15) is 0 Å². The van der Waals surface area contributed by atoms with Crippen molar-refractivity contribution in [3.8, 4) is 5.75 Å². The molecule has 40 heavy (non-hydrogen) atoms. The van der Waals surface area contributed by atoms with E-state index in [2.05, 4.69) is 19.9 Å². The number of phenolic OH excluding ortho intramolecular Hbond substituents is 1. The van der Waals surface area contributed by atoms with Crippen LogP contribution in [0, 0.1) is 5.41 Å². The van der Waals surface area contributed by atoms with Crippen LogP contribution in [0.4, 0.5) is 5.69 Å². The number of phenols is 1. The van der Waals surface area contributed by atoms with Gasteiger partial charge in [0.05, 0.1) is 18.3 Å². The van der Waals surface area contributed by atoms with Crippen molar-refractivity contribution in [1.29, 1.82) is 5.41 Å². The Morgan fingerprint density at radius 3 is 2.83 bits per heavy atom. The van der Waals surface area contributed by atoms with Crippen LogP contribution >= 0.6 is 0 Å². The van der Waals surface area contributed by atoms with Gasteiger partial charge in [-0.1, -0.05) is 24.3 Å². The smallest absolute Gasteiger partial charge is 0.274 e. The molecule has 10 nitrogen and oxygen atoms in total. The van der Waals surface area contributed by atoms with E-state index in [4.69, 9.17) is 5.41 Å². The van der Waals surface area contributed by atoms with E-state index in [1.807, 2.05) is 41.0 Å². The fourth-order valence-electron chi connectivity index (χ4n) is 6.40. The van der Waals surface area contributed by atoms with Crippen LogP contribution in [-0.4, -0.2) is 47.8 Å². The molecule has 0 radical (unpaired) electrons. The third kappa shape index (κ3) is 3.19. The van der Waals surface area contributed by atoms with E-state index in [9.17, 15) is 14.7 Å². The Kier molecular flexibility index (Phi) is 4.61. The molecule has 1 amide bonds. The maximum absolute atomic E-state index is 14.0. The summed E-state index contributed by atoms with van der Waals surface area (Å²) in [5, 5.41) is 21.5. The number of aryl methyl sites for hydroxylation is 1. The van der Waals surface area contributed by atoms with Crippen molar-refractivity contribution in [1.82, 2.24) is 24.5 Å². The van der Waals surface area contributed by atoms with Gasteiger partial charge in [0.2, 0.25) is 0 Å². The quantitative estimate of drug-likeness (QED) is 0.272. The summed E-state index contributed by atoms with van der Waals surface area (Å²) in [5.74, 6) is -0.0859. The molecule has 1 aliphatic carbocycles. The first-order chi connectivity index (χ1) is 19.5. The summed E-state index contributed by atoms with van der Waals surface area (Å²) in [7, 11) is 0. The van der Waals surface area contributed by atoms with Gasteiger partial charge in [-0.05, 0) is 41.1 Å². The van der Waals surface area contributed by atoms with E-state index < -0.39 is 0 Å². The van der Waals surface area contributed by atoms with Gasteiger partial charge in [-0.25, -0.2) is 9.97 Å². The number of nitrogens with zero attached hydrogens (tertiary/aromatic N) is 4. The number of rotatable bonds is 3. The number of aromatic hydroxyl groups is 1. The van der Waals surface area contributed by atoms with Crippen LogP contribution in [0.1, 0.15) is 44.3 Å². The summed E-state index contributed by atoms with van der Waals surface area (Å²) in [6.07, 6.45) is 4.40. The van der Waals surface area contributed by atoms with Gasteiger partial charge in [0.1, 0.15) is 17.0 Å². The number of amides is 1. The second kappa shape index (κ2) is 8.12. The van der Waals surface area contributed by atoms with Crippen molar-refractivity contribution in [2.24, 2.45) is 0 Å². The van der Waals surface area contributed by atoms with E-state index in [0.717, 1.165) is 44.8 Å². The molecule has 1 aliphatic heterocycles. The van der Waals surface area contributed by atoms with Crippen LogP contribution in [-0.2, 0) is 13.0 Å². The number of nitrogens with one attached hydrogen (secondary N) is 3. The lowest BCUT2D eigenvalue weighted by Crippen LogP contribution is -2.31. The van der Waals surface area contributed by atoms with Crippen molar-refractivity contribution in [3.63, 3.8) is 0 Å². The number of benzene rings is 3. The Hall–Kier alpha value is -5.25. The molecule has 2 aliphatic rings. The summed E-state index contributed by atoms with van der Waals surface area (Å²) < 4.78 is 1.90. The largest absolute Gasteiger partial charge is 0.507 e. The van der Waals surface area contributed by atoms with E-state index >= 15 is 0 Å². The molecule has 196 valence electrons. The molecule has 1 atom stereocenters. The lowest BCUT2D eigenvalue weighted by molar-refractivity contribution is 0.0980. The third-order valence-electron chi connectivity index (χ3n) is 8.26. The Labute approximate surface area is 226 Å². The number of aromatic nitrogens is 5. The average Bonchev–Trinajstić information content (AvgIpc) is 3.75. The monoisotopic (exact) mass is 529 g/mol. The molecule has 10 heteroatoms. The maximum Gasteiger partial charge on any atom is 0.274 e. The van der Waals surface area contributed by atoms with Crippen LogP contribution in [0.2, 0.25) is 0 Å². The molecule has 0 saturated carbocycles. The van der Waals surface area contributed by atoms with E-state index in [0.29, 0.717) is 42.1 Å². The third-order valence-corrected chi connectivity index (χ3v) is 8.26. The molecule has 0 saturated heterocycles. The molecule has 0 spiro atoms. The minimum absolute atomic E-state index is 0.113. The van der Waals surface area contributed by atoms with Gasteiger partial charge < -0.3 is 24.5 Å². The first kappa shape index (κ1) is 22.7. The van der Waals surface area contributed by atoms with Gasteiger partial charge in [-0.3, -0.25) is 15.0 Å². The van der Waals surface area contributed by atoms with Crippen molar-refractivity contribution in [2.45, 2.75) is 25.3 Å². The molecular formula is C30H23N7O3. The molecule has 0 fully saturated rings. The van der Waals surface area contributed by atoms with E-state index in [-0.39, 0.29) is 28.8 Å². The number of aromatic amines is 2. The minimum Gasteiger partial charge on any atom is -0.507 e. The lowest BCUT2D eigenvalue weighted by Gasteiger charge is -2.18. The van der Waals surface area contributed by atoms with E-state index in [1.165, 1.54) is 0 Å². The van der Waals surface area contributed by atoms with Crippen molar-refractivity contribution < 1.29 is 14.7 Å². The summed E-state index contributed by atoms with van der Waals surface area (Å²) in [4.78, 5) is 42.9. The molecule has 4 N–H and O–H groups in total. The standard InChI is InChI=1S/C30H23N7O3/c31-28-27-29(33-13-32-27)36(14-34-28)11-17-12-37(23-10-25(39)18-3-1-2-4-19(18)26(17)23)30(40)22-9-16-7-20-15(5-6-24(20)38)8-21(16)35-22/h1-4,7-10,13-14,17,31,35,39H,5-6,11-12H2,(H,32,33)/t17-/m1/s1. The van der Waals surface area contributed by atoms with Gasteiger partial charge in [-0.15, -0.1) is 0 Å². The highest BCUT2D eigenvalue weighted by Gasteiger charge is 2.36. The maximum atomic E-state index is 14.0. The number of carbonyl (C=O) groups is 2. The Morgan fingerprint density at radius 1 is 1.10 bits per heavy atom. The van der Waals surface area contributed by atoms with Crippen LogP contribution in [0.3, 0.4) is 0 Å². The molecule has 8 rings (SSSR count). The fourth-order valence-corrected chi connectivity index (χ4v) is 6.40. The Balaban J connectivity index is 1.24. The Bertz CT molecular complexity index is 2120. The van der Waals surface area contributed by atoms with Crippen LogP contribution in [0.15, 0.2) is 61.2 Å². The normalized spacial score (nSPS) is 16.4. The van der Waals surface area contributed by atoms with Crippen molar-refractivity contribution in [2.75, 3.05) is 11.4 Å².